The number of hydrogen-bond donors (Lipinski definition) is 3. The van der Waals surface area contributed by atoms with Crippen molar-refractivity contribution in [2.45, 2.75) is 6.92 Å². The van der Waals surface area contributed by atoms with Crippen molar-refractivity contribution in [3.05, 3.63) is 71.7 Å². The number of carbonyl (C=O) groups is 1. The van der Waals surface area contributed by atoms with Gasteiger partial charge < -0.3 is 21.5 Å². The van der Waals surface area contributed by atoms with Gasteiger partial charge in [-0.25, -0.2) is 0 Å². The standard InChI is InChI=1S/C17H15N3O2.C5H5N3S/c1-22-16-14(17(21)20-12-6-4-8-19-10-12)9-11-5-2-3-7-13(11)15(16)18;1-3-4(2-6)5(7)9-8-3/h2-10H,18H2,1H3,(H,20,21);7H2,1H3. The minimum absolute atomic E-state index is 0.290. The minimum Gasteiger partial charge on any atom is -0.494 e. The Bertz CT molecular complexity index is 1240. The van der Waals surface area contributed by atoms with E-state index in [2.05, 4.69) is 14.7 Å². The van der Waals surface area contributed by atoms with Crippen LogP contribution < -0.4 is 21.5 Å². The molecule has 2 heterocycles. The van der Waals surface area contributed by atoms with Gasteiger partial charge in [0.05, 0.1) is 35.9 Å². The topological polar surface area (TPSA) is 140 Å². The molecule has 4 rings (SSSR count). The van der Waals surface area contributed by atoms with E-state index in [9.17, 15) is 4.79 Å². The quantitative estimate of drug-likeness (QED) is 0.416. The van der Waals surface area contributed by atoms with Crippen molar-refractivity contribution < 1.29 is 9.53 Å². The summed E-state index contributed by atoms with van der Waals surface area (Å²) in [5.74, 6) is 0.0855. The van der Waals surface area contributed by atoms with E-state index in [1.807, 2.05) is 30.3 Å². The van der Waals surface area contributed by atoms with Crippen LogP contribution in [-0.4, -0.2) is 22.4 Å². The third-order valence-corrected chi connectivity index (χ3v) is 5.18. The second-order valence-electron chi connectivity index (χ2n) is 6.41. The van der Waals surface area contributed by atoms with Crippen LogP contribution >= 0.6 is 11.5 Å². The molecule has 0 aliphatic carbocycles. The number of nitrogens with two attached hydrogens (primary N) is 2. The summed E-state index contributed by atoms with van der Waals surface area (Å²) in [5, 5.41) is 13.5. The maximum atomic E-state index is 12.5. The minimum atomic E-state index is -0.290. The number of benzene rings is 2. The van der Waals surface area contributed by atoms with E-state index in [0.29, 0.717) is 33.3 Å². The second kappa shape index (κ2) is 9.56. The number of pyridine rings is 1. The molecule has 0 saturated carbocycles. The molecule has 1 amide bonds. The Kier molecular flexibility index (Phi) is 6.64. The van der Waals surface area contributed by atoms with Crippen LogP contribution in [-0.2, 0) is 0 Å². The number of nitrogen functional groups attached to an aromatic ring is 2. The van der Waals surface area contributed by atoms with E-state index in [1.54, 1.807) is 37.5 Å². The van der Waals surface area contributed by atoms with Gasteiger partial charge in [0.1, 0.15) is 16.6 Å². The molecular formula is C22H20N6O2S. The highest BCUT2D eigenvalue weighted by Crippen LogP contribution is 2.34. The van der Waals surface area contributed by atoms with Crippen LogP contribution in [0, 0.1) is 18.3 Å². The molecule has 0 spiro atoms. The third-order valence-electron chi connectivity index (χ3n) is 4.41. The highest BCUT2D eigenvalue weighted by molar-refractivity contribution is 7.10. The van der Waals surface area contributed by atoms with Gasteiger partial charge in [-0.15, -0.1) is 0 Å². The summed E-state index contributed by atoms with van der Waals surface area (Å²) in [4.78, 5) is 16.5. The molecule has 0 radical (unpaired) electrons. The number of ether oxygens (including phenoxy) is 1. The molecule has 31 heavy (non-hydrogen) atoms. The molecule has 0 unspecified atom stereocenters. The number of anilines is 3. The van der Waals surface area contributed by atoms with Gasteiger partial charge in [-0.05, 0) is 42.0 Å². The Morgan fingerprint density at radius 2 is 2.00 bits per heavy atom. The van der Waals surface area contributed by atoms with Crippen LogP contribution in [0.1, 0.15) is 21.6 Å². The fourth-order valence-electron chi connectivity index (χ4n) is 2.90. The van der Waals surface area contributed by atoms with Crippen LogP contribution in [0.25, 0.3) is 10.8 Å². The van der Waals surface area contributed by atoms with Gasteiger partial charge in [-0.2, -0.15) is 9.64 Å². The van der Waals surface area contributed by atoms with E-state index in [0.717, 1.165) is 28.0 Å². The average molecular weight is 433 g/mol. The zero-order chi connectivity index (χ0) is 22.4. The molecule has 0 aliphatic rings. The Balaban J connectivity index is 0.000000254. The second-order valence-corrected chi connectivity index (χ2v) is 7.21. The van der Waals surface area contributed by atoms with Crippen molar-refractivity contribution in [3.8, 4) is 11.8 Å². The van der Waals surface area contributed by atoms with Crippen molar-refractivity contribution in [3.63, 3.8) is 0 Å². The number of hydrogen-bond acceptors (Lipinski definition) is 8. The molecule has 156 valence electrons. The number of aryl methyl sites for hydroxylation is 1. The fraction of sp³-hybridized carbons (Fsp3) is 0.0909. The Labute approximate surface area is 183 Å². The average Bonchev–Trinajstić information content (AvgIpc) is 3.12. The number of nitrogens with zero attached hydrogens (tertiary/aromatic N) is 3. The van der Waals surface area contributed by atoms with Crippen molar-refractivity contribution in [1.82, 2.24) is 9.36 Å². The Morgan fingerprint density at radius 3 is 2.58 bits per heavy atom. The lowest BCUT2D eigenvalue weighted by atomic mass is 10.0. The lowest BCUT2D eigenvalue weighted by Gasteiger charge is -2.14. The number of amides is 1. The Morgan fingerprint density at radius 1 is 1.23 bits per heavy atom. The van der Waals surface area contributed by atoms with E-state index in [1.165, 1.54) is 7.11 Å². The molecule has 9 heteroatoms. The summed E-state index contributed by atoms with van der Waals surface area (Å²) < 4.78 is 9.22. The highest BCUT2D eigenvalue weighted by atomic mass is 32.1. The van der Waals surface area contributed by atoms with Crippen LogP contribution in [0.5, 0.6) is 5.75 Å². The van der Waals surface area contributed by atoms with Crippen molar-refractivity contribution >= 4 is 44.6 Å². The van der Waals surface area contributed by atoms with Crippen LogP contribution in [0.3, 0.4) is 0 Å². The molecule has 2 aromatic carbocycles. The molecule has 0 fully saturated rings. The molecule has 4 aromatic rings. The maximum absolute atomic E-state index is 12.5. The first-order valence-corrected chi connectivity index (χ1v) is 9.92. The predicted molar refractivity (Wildman–Crippen MR) is 123 cm³/mol. The van der Waals surface area contributed by atoms with Gasteiger partial charge in [0.15, 0.2) is 5.75 Å². The lowest BCUT2D eigenvalue weighted by Crippen LogP contribution is -2.14. The summed E-state index contributed by atoms with van der Waals surface area (Å²) in [7, 11) is 1.50. The first-order valence-electron chi connectivity index (χ1n) is 9.14. The largest absolute Gasteiger partial charge is 0.494 e. The van der Waals surface area contributed by atoms with E-state index in [4.69, 9.17) is 21.5 Å². The predicted octanol–water partition coefficient (Wildman–Crippen LogP) is 3.98. The van der Waals surface area contributed by atoms with Crippen LogP contribution in [0.2, 0.25) is 0 Å². The third kappa shape index (κ3) is 4.71. The highest BCUT2D eigenvalue weighted by Gasteiger charge is 2.18. The normalized spacial score (nSPS) is 9.97. The first-order chi connectivity index (χ1) is 15.0. The van der Waals surface area contributed by atoms with Crippen LogP contribution in [0.15, 0.2) is 54.9 Å². The number of carbonyl (C=O) groups excluding carboxylic acids is 1. The van der Waals surface area contributed by atoms with Crippen molar-refractivity contribution in [2.75, 3.05) is 23.9 Å². The maximum Gasteiger partial charge on any atom is 0.259 e. The summed E-state index contributed by atoms with van der Waals surface area (Å²) in [6.07, 6.45) is 3.22. The van der Waals surface area contributed by atoms with Crippen molar-refractivity contribution in [1.29, 1.82) is 5.26 Å². The molecule has 0 bridgehead atoms. The molecule has 0 atom stereocenters. The molecule has 0 saturated heterocycles. The summed E-state index contributed by atoms with van der Waals surface area (Å²) >= 11 is 1.16. The Hall–Kier alpha value is -4.16. The number of fused-ring (bicyclic) bond motifs is 1. The molecule has 5 N–H and O–H groups in total. The molecular weight excluding hydrogens is 412 g/mol. The number of rotatable bonds is 3. The molecule has 2 aromatic heterocycles. The van der Waals surface area contributed by atoms with Gasteiger partial charge in [-0.1, -0.05) is 24.3 Å². The van der Waals surface area contributed by atoms with Crippen molar-refractivity contribution in [2.24, 2.45) is 0 Å². The summed E-state index contributed by atoms with van der Waals surface area (Å²) in [6, 6.07) is 14.9. The molecule has 0 aliphatic heterocycles. The number of nitriles is 1. The van der Waals surface area contributed by atoms with Gasteiger partial charge >= 0.3 is 0 Å². The van der Waals surface area contributed by atoms with Gasteiger partial charge in [-0.3, -0.25) is 9.78 Å². The zero-order valence-electron chi connectivity index (χ0n) is 16.9. The van der Waals surface area contributed by atoms with Gasteiger partial charge in [0, 0.05) is 11.6 Å². The van der Waals surface area contributed by atoms with Crippen LogP contribution in [0.4, 0.5) is 16.4 Å². The number of aromatic nitrogens is 2. The van der Waals surface area contributed by atoms with E-state index >= 15 is 0 Å². The smallest absolute Gasteiger partial charge is 0.259 e. The number of nitrogens with one attached hydrogen (secondary N) is 1. The summed E-state index contributed by atoms with van der Waals surface area (Å²) in [5.41, 5.74) is 14.2. The SMILES string of the molecule is COc1c(C(=O)Nc2cccnc2)cc2ccccc2c1N.Cc1nsc(N)c1C#N. The van der Waals surface area contributed by atoms with Gasteiger partial charge in [0.25, 0.3) is 5.91 Å². The summed E-state index contributed by atoms with van der Waals surface area (Å²) in [6.45, 7) is 1.77. The zero-order valence-corrected chi connectivity index (χ0v) is 17.7. The van der Waals surface area contributed by atoms with Gasteiger partial charge in [0.2, 0.25) is 0 Å². The van der Waals surface area contributed by atoms with E-state index in [-0.39, 0.29) is 5.91 Å². The fourth-order valence-corrected chi connectivity index (χ4v) is 3.51. The monoisotopic (exact) mass is 432 g/mol. The molecule has 8 nitrogen and oxygen atoms in total. The number of methoxy groups -OCH3 is 1. The van der Waals surface area contributed by atoms with E-state index < -0.39 is 0 Å². The lowest BCUT2D eigenvalue weighted by molar-refractivity contribution is 0.102. The first kappa shape index (κ1) is 21.5.